The van der Waals surface area contributed by atoms with Gasteiger partial charge in [0.25, 0.3) is 0 Å². The van der Waals surface area contributed by atoms with Crippen LogP contribution in [0, 0.1) is 0 Å². The normalized spacial score (nSPS) is 29.2. The number of allylic oxidation sites excluding steroid dienone is 1. The van der Waals surface area contributed by atoms with E-state index in [1.54, 1.807) is 0 Å². The Hall–Kier alpha value is -0.300. The van der Waals surface area contributed by atoms with Crippen LogP contribution in [0.15, 0.2) is 12.2 Å². The lowest BCUT2D eigenvalue weighted by atomic mass is 10.1. The monoisotopic (exact) mass is 125 g/mol. The number of hydrogen-bond donors (Lipinski definition) is 1. The fourth-order valence-corrected chi connectivity index (χ4v) is 1.28. The van der Waals surface area contributed by atoms with Gasteiger partial charge in [0.1, 0.15) is 0 Å². The predicted molar refractivity (Wildman–Crippen MR) is 40.5 cm³/mol. The number of hydrogen-bond acceptors (Lipinski definition) is 1. The van der Waals surface area contributed by atoms with E-state index in [1.165, 1.54) is 25.8 Å². The van der Waals surface area contributed by atoms with Gasteiger partial charge in [0.15, 0.2) is 0 Å². The van der Waals surface area contributed by atoms with Crippen LogP contribution in [0.25, 0.3) is 0 Å². The Morgan fingerprint density at radius 3 is 2.89 bits per heavy atom. The maximum atomic E-state index is 3.43. The van der Waals surface area contributed by atoms with E-state index in [4.69, 9.17) is 0 Å². The molecule has 1 saturated heterocycles. The second-order valence-corrected chi connectivity index (χ2v) is 2.58. The zero-order valence-electron chi connectivity index (χ0n) is 6.06. The van der Waals surface area contributed by atoms with E-state index in [2.05, 4.69) is 24.4 Å². The zero-order valence-corrected chi connectivity index (χ0v) is 6.06. The molecule has 0 aromatic rings. The maximum Gasteiger partial charge on any atom is 0.0249 e. The highest BCUT2D eigenvalue weighted by Crippen LogP contribution is 2.07. The summed E-state index contributed by atoms with van der Waals surface area (Å²) < 4.78 is 0. The molecule has 1 aliphatic rings. The van der Waals surface area contributed by atoms with E-state index >= 15 is 0 Å². The molecule has 1 atom stereocenters. The van der Waals surface area contributed by atoms with Crippen molar-refractivity contribution in [2.75, 3.05) is 6.54 Å². The van der Waals surface area contributed by atoms with Crippen LogP contribution in [0.4, 0.5) is 0 Å². The minimum absolute atomic E-state index is 0.670. The van der Waals surface area contributed by atoms with Gasteiger partial charge in [-0.25, -0.2) is 0 Å². The van der Waals surface area contributed by atoms with Crippen molar-refractivity contribution in [2.24, 2.45) is 0 Å². The molecule has 1 N–H and O–H groups in total. The number of piperidine rings is 1. The third kappa shape index (κ3) is 2.19. The molecule has 0 radical (unpaired) electrons. The highest BCUT2D eigenvalue weighted by atomic mass is 14.9. The van der Waals surface area contributed by atoms with Gasteiger partial charge in [-0.1, -0.05) is 18.6 Å². The fraction of sp³-hybridized carbons (Fsp3) is 0.750. The van der Waals surface area contributed by atoms with E-state index in [9.17, 15) is 0 Å². The smallest absolute Gasteiger partial charge is 0.0249 e. The zero-order chi connectivity index (χ0) is 6.53. The van der Waals surface area contributed by atoms with E-state index in [0.29, 0.717) is 6.04 Å². The highest BCUT2D eigenvalue weighted by Gasteiger charge is 2.06. The highest BCUT2D eigenvalue weighted by molar-refractivity contribution is 4.92. The van der Waals surface area contributed by atoms with Crippen molar-refractivity contribution in [3.8, 4) is 0 Å². The summed E-state index contributed by atoms with van der Waals surface area (Å²) in [6.45, 7) is 3.28. The summed E-state index contributed by atoms with van der Waals surface area (Å²) in [6, 6.07) is 0.670. The van der Waals surface area contributed by atoms with Gasteiger partial charge in [0.2, 0.25) is 0 Å². The third-order valence-corrected chi connectivity index (χ3v) is 1.77. The van der Waals surface area contributed by atoms with Crippen molar-refractivity contribution in [1.82, 2.24) is 5.32 Å². The Balaban J connectivity index is 2.23. The molecule has 52 valence electrons. The van der Waals surface area contributed by atoms with Crippen molar-refractivity contribution < 1.29 is 0 Å². The van der Waals surface area contributed by atoms with Gasteiger partial charge in [0.05, 0.1) is 0 Å². The molecule has 1 nitrogen and oxygen atoms in total. The molecular formula is C8H15N. The predicted octanol–water partition coefficient (Wildman–Crippen LogP) is 1.70. The molecule has 1 aliphatic heterocycles. The van der Waals surface area contributed by atoms with Gasteiger partial charge in [-0.2, -0.15) is 0 Å². The van der Waals surface area contributed by atoms with Crippen molar-refractivity contribution in [3.63, 3.8) is 0 Å². The molecular weight excluding hydrogens is 110 g/mol. The summed E-state index contributed by atoms with van der Waals surface area (Å²) in [4.78, 5) is 0. The molecule has 0 bridgehead atoms. The van der Waals surface area contributed by atoms with Crippen LogP contribution >= 0.6 is 0 Å². The summed E-state index contributed by atoms with van der Waals surface area (Å²) in [7, 11) is 0. The van der Waals surface area contributed by atoms with Crippen LogP contribution in [-0.2, 0) is 0 Å². The third-order valence-electron chi connectivity index (χ3n) is 1.77. The van der Waals surface area contributed by atoms with Gasteiger partial charge < -0.3 is 5.32 Å². The standard InChI is InChI=1S/C8H15N/c1-2-5-8-6-3-4-7-9-8/h2,5,8-9H,3-4,6-7H2,1H3/b5-2+/t8-/m1/s1. The Kier molecular flexibility index (Phi) is 2.78. The molecule has 0 unspecified atom stereocenters. The first-order valence-electron chi connectivity index (χ1n) is 3.79. The van der Waals surface area contributed by atoms with Crippen LogP contribution in [-0.4, -0.2) is 12.6 Å². The minimum atomic E-state index is 0.670. The van der Waals surface area contributed by atoms with Crippen LogP contribution in [0.3, 0.4) is 0 Å². The second kappa shape index (κ2) is 3.67. The first-order chi connectivity index (χ1) is 4.43. The van der Waals surface area contributed by atoms with Gasteiger partial charge in [0, 0.05) is 6.04 Å². The molecule has 0 aromatic carbocycles. The fourth-order valence-electron chi connectivity index (χ4n) is 1.28. The molecule has 1 heterocycles. The summed E-state index contributed by atoms with van der Waals surface area (Å²) in [5.74, 6) is 0. The molecule has 1 heteroatoms. The molecule has 1 rings (SSSR count). The number of rotatable bonds is 1. The largest absolute Gasteiger partial charge is 0.311 e. The molecule has 0 spiro atoms. The minimum Gasteiger partial charge on any atom is -0.311 e. The van der Waals surface area contributed by atoms with E-state index in [-0.39, 0.29) is 0 Å². The summed E-state index contributed by atoms with van der Waals surface area (Å²) >= 11 is 0. The molecule has 0 aliphatic carbocycles. The van der Waals surface area contributed by atoms with Gasteiger partial charge in [-0.3, -0.25) is 0 Å². The average Bonchev–Trinajstić information content (AvgIpc) is 1.91. The summed E-state index contributed by atoms with van der Waals surface area (Å²) in [6.07, 6.45) is 8.45. The van der Waals surface area contributed by atoms with Crippen LogP contribution < -0.4 is 5.32 Å². The topological polar surface area (TPSA) is 12.0 Å². The molecule has 1 fully saturated rings. The lowest BCUT2D eigenvalue weighted by Gasteiger charge is -2.19. The van der Waals surface area contributed by atoms with E-state index < -0.39 is 0 Å². The van der Waals surface area contributed by atoms with E-state index in [1.807, 2.05) is 0 Å². The van der Waals surface area contributed by atoms with E-state index in [0.717, 1.165) is 0 Å². The molecule has 9 heavy (non-hydrogen) atoms. The van der Waals surface area contributed by atoms with Gasteiger partial charge in [-0.15, -0.1) is 0 Å². The van der Waals surface area contributed by atoms with Crippen molar-refractivity contribution >= 4 is 0 Å². The Bertz CT molecular complexity index is 90.7. The van der Waals surface area contributed by atoms with Crippen molar-refractivity contribution in [3.05, 3.63) is 12.2 Å². The number of nitrogens with one attached hydrogen (secondary N) is 1. The van der Waals surface area contributed by atoms with Gasteiger partial charge in [-0.05, 0) is 26.3 Å². The van der Waals surface area contributed by atoms with Crippen LogP contribution in [0.5, 0.6) is 0 Å². The lowest BCUT2D eigenvalue weighted by Crippen LogP contribution is -2.31. The van der Waals surface area contributed by atoms with Crippen molar-refractivity contribution in [1.29, 1.82) is 0 Å². The SMILES string of the molecule is C/C=C/[C@@H]1CCCCN1. The Morgan fingerprint density at radius 2 is 2.33 bits per heavy atom. The summed E-state index contributed by atoms with van der Waals surface area (Å²) in [5.41, 5.74) is 0. The first kappa shape index (κ1) is 6.81. The molecule has 0 aromatic heterocycles. The lowest BCUT2D eigenvalue weighted by molar-refractivity contribution is 0.454. The second-order valence-electron chi connectivity index (χ2n) is 2.58. The van der Waals surface area contributed by atoms with Crippen LogP contribution in [0.1, 0.15) is 26.2 Å². The van der Waals surface area contributed by atoms with Crippen LogP contribution in [0.2, 0.25) is 0 Å². The molecule has 0 amide bonds. The van der Waals surface area contributed by atoms with Gasteiger partial charge >= 0.3 is 0 Å². The average molecular weight is 125 g/mol. The van der Waals surface area contributed by atoms with Crippen molar-refractivity contribution in [2.45, 2.75) is 32.2 Å². The Labute approximate surface area is 57.1 Å². The quantitative estimate of drug-likeness (QED) is 0.526. The maximum absolute atomic E-state index is 3.43. The summed E-state index contributed by atoms with van der Waals surface area (Å²) in [5, 5.41) is 3.43. The first-order valence-corrected chi connectivity index (χ1v) is 3.79. The Morgan fingerprint density at radius 1 is 1.44 bits per heavy atom. The molecule has 0 saturated carbocycles.